The maximum atomic E-state index is 11.9. The van der Waals surface area contributed by atoms with Gasteiger partial charge in [0.05, 0.1) is 18.0 Å². The molecule has 1 unspecified atom stereocenters. The van der Waals surface area contributed by atoms with Crippen LogP contribution in [-0.4, -0.2) is 53.5 Å². The predicted molar refractivity (Wildman–Crippen MR) is 56.9 cm³/mol. The summed E-state index contributed by atoms with van der Waals surface area (Å²) in [6.07, 6.45) is 0.419. The van der Waals surface area contributed by atoms with Gasteiger partial charge in [0.2, 0.25) is 10.0 Å². The lowest BCUT2D eigenvalue weighted by Crippen LogP contribution is -2.44. The van der Waals surface area contributed by atoms with Gasteiger partial charge in [-0.15, -0.1) is 0 Å². The largest absolute Gasteiger partial charge is 0.394 e. The van der Waals surface area contributed by atoms with E-state index in [1.165, 1.54) is 4.31 Å². The molecule has 0 spiro atoms. The third-order valence-electron chi connectivity index (χ3n) is 2.45. The van der Waals surface area contributed by atoms with Crippen LogP contribution in [0.25, 0.3) is 0 Å². The highest BCUT2D eigenvalue weighted by Gasteiger charge is 2.41. The van der Waals surface area contributed by atoms with E-state index < -0.39 is 22.7 Å². The number of hydrogen-bond donors (Lipinski definition) is 2. The van der Waals surface area contributed by atoms with E-state index in [0.717, 1.165) is 0 Å². The molecule has 0 aliphatic heterocycles. The highest BCUT2D eigenvalue weighted by atomic mass is 32.2. The zero-order valence-electron chi connectivity index (χ0n) is 9.13. The summed E-state index contributed by atoms with van der Waals surface area (Å²) in [6.45, 7) is 3.10. The van der Waals surface area contributed by atoms with Crippen LogP contribution in [-0.2, 0) is 10.0 Å². The van der Waals surface area contributed by atoms with Crippen LogP contribution in [0.2, 0.25) is 0 Å². The average Bonchev–Trinajstić information content (AvgIpc) is 2.95. The van der Waals surface area contributed by atoms with Crippen molar-refractivity contribution in [2.45, 2.75) is 44.1 Å². The molecule has 0 aromatic heterocycles. The van der Waals surface area contributed by atoms with Gasteiger partial charge in [0.25, 0.3) is 0 Å². The molecular weight excluding hydrogens is 218 g/mol. The van der Waals surface area contributed by atoms with E-state index in [-0.39, 0.29) is 17.8 Å². The van der Waals surface area contributed by atoms with Crippen molar-refractivity contribution in [3.05, 3.63) is 0 Å². The van der Waals surface area contributed by atoms with Gasteiger partial charge in [-0.2, -0.15) is 4.31 Å². The fraction of sp³-hybridized carbons (Fsp3) is 1.00. The summed E-state index contributed by atoms with van der Waals surface area (Å²) in [5, 5.41) is 17.7. The van der Waals surface area contributed by atoms with Crippen molar-refractivity contribution in [3.63, 3.8) is 0 Å². The Morgan fingerprint density at radius 2 is 1.93 bits per heavy atom. The Morgan fingerprint density at radius 1 is 1.40 bits per heavy atom. The van der Waals surface area contributed by atoms with Crippen LogP contribution in [0, 0.1) is 0 Å². The summed E-state index contributed by atoms with van der Waals surface area (Å²) in [5.74, 6) is 0. The van der Waals surface area contributed by atoms with E-state index in [1.54, 1.807) is 13.8 Å². The standard InChI is InChI=1S/C9H19NO4S/c1-7(2)10(5-8(12)6-11)15(13,14)9-3-4-9/h7-9,11-12H,3-6H2,1-2H3. The van der Waals surface area contributed by atoms with Crippen LogP contribution in [0.4, 0.5) is 0 Å². The summed E-state index contributed by atoms with van der Waals surface area (Å²) in [7, 11) is -3.27. The van der Waals surface area contributed by atoms with Crippen molar-refractivity contribution >= 4 is 10.0 Å². The van der Waals surface area contributed by atoms with Gasteiger partial charge >= 0.3 is 0 Å². The van der Waals surface area contributed by atoms with Gasteiger partial charge in [0.1, 0.15) is 0 Å². The molecule has 0 amide bonds. The Bertz CT molecular complexity index is 297. The molecule has 0 radical (unpaired) electrons. The summed E-state index contributed by atoms with van der Waals surface area (Å²) in [6, 6.07) is -0.184. The van der Waals surface area contributed by atoms with Crippen LogP contribution in [0.5, 0.6) is 0 Å². The highest BCUT2D eigenvalue weighted by molar-refractivity contribution is 7.90. The van der Waals surface area contributed by atoms with E-state index in [1.807, 2.05) is 0 Å². The monoisotopic (exact) mass is 237 g/mol. The smallest absolute Gasteiger partial charge is 0.217 e. The Hall–Kier alpha value is -0.170. The summed E-state index contributed by atoms with van der Waals surface area (Å²) >= 11 is 0. The van der Waals surface area contributed by atoms with E-state index >= 15 is 0 Å². The minimum atomic E-state index is -3.27. The van der Waals surface area contributed by atoms with E-state index in [4.69, 9.17) is 5.11 Å². The minimum absolute atomic E-state index is 0.0208. The molecular formula is C9H19NO4S. The lowest BCUT2D eigenvalue weighted by molar-refractivity contribution is 0.0738. The minimum Gasteiger partial charge on any atom is -0.394 e. The molecule has 1 fully saturated rings. The number of hydrogen-bond acceptors (Lipinski definition) is 4. The molecule has 1 atom stereocenters. The van der Waals surface area contributed by atoms with Crippen molar-refractivity contribution in [2.75, 3.05) is 13.2 Å². The molecule has 0 aromatic carbocycles. The van der Waals surface area contributed by atoms with Crippen LogP contribution in [0.1, 0.15) is 26.7 Å². The van der Waals surface area contributed by atoms with Crippen molar-refractivity contribution in [1.82, 2.24) is 4.31 Å². The fourth-order valence-corrected chi connectivity index (χ4v) is 3.51. The van der Waals surface area contributed by atoms with E-state index in [2.05, 4.69) is 0 Å². The number of sulfonamides is 1. The van der Waals surface area contributed by atoms with Gasteiger partial charge in [0.15, 0.2) is 0 Å². The van der Waals surface area contributed by atoms with Gasteiger partial charge in [-0.05, 0) is 26.7 Å². The first-order valence-electron chi connectivity index (χ1n) is 5.19. The normalized spacial score (nSPS) is 19.9. The Morgan fingerprint density at radius 3 is 2.27 bits per heavy atom. The van der Waals surface area contributed by atoms with Crippen LogP contribution >= 0.6 is 0 Å². The maximum Gasteiger partial charge on any atom is 0.217 e. The number of nitrogens with zero attached hydrogens (tertiary/aromatic N) is 1. The van der Waals surface area contributed by atoms with Crippen molar-refractivity contribution in [3.8, 4) is 0 Å². The van der Waals surface area contributed by atoms with Crippen LogP contribution < -0.4 is 0 Å². The number of aliphatic hydroxyl groups is 2. The second-order valence-corrected chi connectivity index (χ2v) is 6.41. The first-order chi connectivity index (χ1) is 6.89. The van der Waals surface area contributed by atoms with Crippen LogP contribution in [0.15, 0.2) is 0 Å². The second kappa shape index (κ2) is 4.78. The lowest BCUT2D eigenvalue weighted by atomic mass is 10.3. The molecule has 2 N–H and O–H groups in total. The zero-order chi connectivity index (χ0) is 11.6. The fourth-order valence-electron chi connectivity index (χ4n) is 1.43. The predicted octanol–water partition coefficient (Wildman–Crippen LogP) is -0.458. The first-order valence-corrected chi connectivity index (χ1v) is 6.69. The number of aliphatic hydroxyl groups excluding tert-OH is 2. The Kier molecular flexibility index (Phi) is 4.11. The molecule has 0 saturated heterocycles. The molecule has 6 heteroatoms. The molecule has 1 rings (SSSR count). The molecule has 90 valence electrons. The van der Waals surface area contributed by atoms with E-state index in [9.17, 15) is 13.5 Å². The van der Waals surface area contributed by atoms with Gasteiger partial charge in [-0.25, -0.2) is 8.42 Å². The van der Waals surface area contributed by atoms with Gasteiger partial charge in [-0.3, -0.25) is 0 Å². The molecule has 0 bridgehead atoms. The summed E-state index contributed by atoms with van der Waals surface area (Å²) in [5.41, 5.74) is 0. The van der Waals surface area contributed by atoms with Gasteiger partial charge < -0.3 is 10.2 Å². The van der Waals surface area contributed by atoms with Crippen molar-refractivity contribution < 1.29 is 18.6 Å². The second-order valence-electron chi connectivity index (χ2n) is 4.24. The molecule has 15 heavy (non-hydrogen) atoms. The van der Waals surface area contributed by atoms with Gasteiger partial charge in [0, 0.05) is 12.6 Å². The summed E-state index contributed by atoms with van der Waals surface area (Å²) in [4.78, 5) is 0. The van der Waals surface area contributed by atoms with Crippen molar-refractivity contribution in [1.29, 1.82) is 0 Å². The first kappa shape index (κ1) is 12.9. The lowest BCUT2D eigenvalue weighted by Gasteiger charge is -2.27. The third kappa shape index (κ3) is 3.14. The number of rotatable bonds is 6. The maximum absolute atomic E-state index is 11.9. The average molecular weight is 237 g/mol. The molecule has 1 saturated carbocycles. The van der Waals surface area contributed by atoms with Gasteiger partial charge in [-0.1, -0.05) is 0 Å². The van der Waals surface area contributed by atoms with Crippen molar-refractivity contribution in [2.24, 2.45) is 0 Å². The SMILES string of the molecule is CC(C)N(CC(O)CO)S(=O)(=O)C1CC1. The molecule has 0 aromatic rings. The topological polar surface area (TPSA) is 77.8 Å². The third-order valence-corrected chi connectivity index (χ3v) is 4.99. The molecule has 1 aliphatic rings. The zero-order valence-corrected chi connectivity index (χ0v) is 9.94. The van der Waals surface area contributed by atoms with E-state index in [0.29, 0.717) is 12.8 Å². The summed E-state index contributed by atoms with van der Waals surface area (Å²) < 4.78 is 25.1. The molecule has 0 heterocycles. The Balaban J connectivity index is 2.73. The molecule has 1 aliphatic carbocycles. The Labute approximate surface area is 90.8 Å². The van der Waals surface area contributed by atoms with Crippen LogP contribution in [0.3, 0.4) is 0 Å². The highest BCUT2D eigenvalue weighted by Crippen LogP contribution is 2.31. The quantitative estimate of drug-likeness (QED) is 0.655. The molecule has 5 nitrogen and oxygen atoms in total.